The van der Waals surface area contributed by atoms with E-state index >= 15 is 0 Å². The van der Waals surface area contributed by atoms with Gasteiger partial charge in [0.05, 0.1) is 18.6 Å². The number of nitrogens with zero attached hydrogens (tertiary/aromatic N) is 1. The normalized spacial score (nSPS) is 14.6. The third-order valence-electron chi connectivity index (χ3n) is 5.51. The van der Waals surface area contributed by atoms with Crippen LogP contribution in [-0.4, -0.2) is 37.5 Å². The summed E-state index contributed by atoms with van der Waals surface area (Å²) in [4.78, 5) is 38.0. The average molecular weight is 553 g/mol. The number of rotatable bonds is 8. The summed E-state index contributed by atoms with van der Waals surface area (Å²) >= 11 is 0.760. The fourth-order valence-corrected chi connectivity index (χ4v) is 5.41. The molecule has 1 N–H and O–H groups in total. The number of nitrogens with one attached hydrogen (secondary N) is 1. The van der Waals surface area contributed by atoms with E-state index in [0.29, 0.717) is 5.69 Å². The minimum atomic E-state index is -4.32. The Morgan fingerprint density at radius 2 is 1.71 bits per heavy atom. The number of anilines is 1. The molecule has 0 bridgehead atoms. The van der Waals surface area contributed by atoms with Gasteiger partial charge in [-0.15, -0.1) is 0 Å². The molecule has 3 amide bonds. The highest BCUT2D eigenvalue weighted by Gasteiger charge is 2.35. The van der Waals surface area contributed by atoms with E-state index in [-0.39, 0.29) is 39.3 Å². The summed E-state index contributed by atoms with van der Waals surface area (Å²) in [5.41, 5.74) is 2.53. The van der Waals surface area contributed by atoms with Crippen molar-refractivity contribution in [3.8, 4) is 11.5 Å². The van der Waals surface area contributed by atoms with E-state index < -0.39 is 21.3 Å². The van der Waals surface area contributed by atoms with Gasteiger partial charge in [-0.05, 0) is 60.7 Å². The number of hydrogen-bond acceptors (Lipinski definition) is 8. The van der Waals surface area contributed by atoms with Crippen LogP contribution in [0.25, 0.3) is 6.08 Å². The topological polar surface area (TPSA) is 119 Å². The number of amides is 3. The summed E-state index contributed by atoms with van der Waals surface area (Å²) in [6.07, 6.45) is 1.41. The maximum absolute atomic E-state index is 13.1. The van der Waals surface area contributed by atoms with Crippen LogP contribution in [0.5, 0.6) is 11.5 Å². The van der Waals surface area contributed by atoms with Crippen molar-refractivity contribution in [1.29, 1.82) is 0 Å². The van der Waals surface area contributed by atoms with Crippen molar-refractivity contribution in [2.24, 2.45) is 0 Å². The molecule has 1 aliphatic heterocycles. The summed E-state index contributed by atoms with van der Waals surface area (Å²) in [6, 6.07) is 17.7. The van der Waals surface area contributed by atoms with Crippen LogP contribution in [0.1, 0.15) is 23.6 Å². The van der Waals surface area contributed by atoms with Gasteiger partial charge in [-0.1, -0.05) is 42.0 Å². The lowest BCUT2D eigenvalue weighted by molar-refractivity contribution is -0.123. The van der Waals surface area contributed by atoms with Crippen molar-refractivity contribution in [1.82, 2.24) is 4.90 Å². The molecule has 196 valence electrons. The number of hydrogen-bond donors (Lipinski definition) is 1. The van der Waals surface area contributed by atoms with Crippen LogP contribution in [-0.2, 0) is 26.3 Å². The molecule has 0 atom stereocenters. The molecule has 9 nitrogen and oxygen atoms in total. The first-order valence-electron chi connectivity index (χ1n) is 11.4. The number of para-hydroxylation sites is 1. The predicted octanol–water partition coefficient (Wildman–Crippen LogP) is 4.97. The molecule has 3 aromatic carbocycles. The Kier molecular flexibility index (Phi) is 7.88. The lowest BCUT2D eigenvalue weighted by atomic mass is 10.1. The Morgan fingerprint density at radius 3 is 2.34 bits per heavy atom. The molecule has 0 aromatic heterocycles. The first-order chi connectivity index (χ1) is 18.1. The third-order valence-corrected chi connectivity index (χ3v) is 7.65. The zero-order chi connectivity index (χ0) is 27.4. The van der Waals surface area contributed by atoms with E-state index in [2.05, 4.69) is 5.32 Å². The summed E-state index contributed by atoms with van der Waals surface area (Å²) in [7, 11) is -2.96. The zero-order valence-corrected chi connectivity index (χ0v) is 22.4. The van der Waals surface area contributed by atoms with Crippen molar-refractivity contribution in [3.05, 3.63) is 88.3 Å². The van der Waals surface area contributed by atoms with Gasteiger partial charge in [-0.3, -0.25) is 19.3 Å². The molecule has 3 aromatic rings. The van der Waals surface area contributed by atoms with Crippen LogP contribution in [0.4, 0.5) is 10.5 Å². The van der Waals surface area contributed by atoms with E-state index in [4.69, 9.17) is 8.92 Å². The number of imide groups is 1. The largest absolute Gasteiger partial charge is 0.493 e. The van der Waals surface area contributed by atoms with E-state index in [1.807, 2.05) is 31.2 Å². The molecule has 0 unspecified atom stereocenters. The number of carbonyl (C=O) groups is 3. The SMILES string of the molecule is COc1cccc(/C=C2\SC(=O)N(Cc3ccc(C)cc3)C2=O)c1OS(=O)(=O)c1ccc(NC(C)=O)cc1. The highest BCUT2D eigenvalue weighted by Crippen LogP contribution is 2.39. The number of carbonyl (C=O) groups excluding carboxylic acids is 3. The van der Waals surface area contributed by atoms with Crippen LogP contribution in [0.15, 0.2) is 76.5 Å². The van der Waals surface area contributed by atoms with Gasteiger partial charge in [0, 0.05) is 18.2 Å². The fourth-order valence-electron chi connectivity index (χ4n) is 3.62. The fraction of sp³-hybridized carbons (Fsp3) is 0.148. The number of methoxy groups -OCH3 is 1. The highest BCUT2D eigenvalue weighted by molar-refractivity contribution is 8.18. The van der Waals surface area contributed by atoms with E-state index in [9.17, 15) is 22.8 Å². The molecule has 4 rings (SSSR count). The molecule has 0 spiro atoms. The minimum absolute atomic E-state index is 0.118. The molecule has 0 radical (unpaired) electrons. The highest BCUT2D eigenvalue weighted by atomic mass is 32.2. The van der Waals surface area contributed by atoms with E-state index in [1.54, 1.807) is 12.1 Å². The lowest BCUT2D eigenvalue weighted by Gasteiger charge is -2.14. The molecule has 1 saturated heterocycles. The Bertz CT molecular complexity index is 1530. The first-order valence-corrected chi connectivity index (χ1v) is 13.6. The minimum Gasteiger partial charge on any atom is -0.493 e. The molecule has 0 saturated carbocycles. The Morgan fingerprint density at radius 1 is 1.03 bits per heavy atom. The van der Waals surface area contributed by atoms with Gasteiger partial charge >= 0.3 is 10.1 Å². The summed E-state index contributed by atoms with van der Waals surface area (Å²) in [6.45, 7) is 3.41. The van der Waals surface area contributed by atoms with Gasteiger partial charge in [0.15, 0.2) is 11.5 Å². The average Bonchev–Trinajstić information content (AvgIpc) is 3.13. The molecular weight excluding hydrogens is 528 g/mol. The summed E-state index contributed by atoms with van der Waals surface area (Å²) < 4.78 is 36.9. The predicted molar refractivity (Wildman–Crippen MR) is 144 cm³/mol. The van der Waals surface area contributed by atoms with Gasteiger partial charge < -0.3 is 14.2 Å². The van der Waals surface area contributed by atoms with Gasteiger partial charge in [-0.2, -0.15) is 8.42 Å². The summed E-state index contributed by atoms with van der Waals surface area (Å²) in [5, 5.41) is 2.13. The van der Waals surface area contributed by atoms with Crippen molar-refractivity contribution in [3.63, 3.8) is 0 Å². The van der Waals surface area contributed by atoms with Crippen LogP contribution < -0.4 is 14.2 Å². The van der Waals surface area contributed by atoms with E-state index in [0.717, 1.165) is 27.8 Å². The monoisotopic (exact) mass is 552 g/mol. The van der Waals surface area contributed by atoms with E-state index in [1.165, 1.54) is 50.4 Å². The van der Waals surface area contributed by atoms with Crippen LogP contribution in [0, 0.1) is 6.92 Å². The molecule has 38 heavy (non-hydrogen) atoms. The Hall–Kier alpha value is -4.09. The second-order valence-corrected chi connectivity index (χ2v) is 10.9. The smallest absolute Gasteiger partial charge is 0.339 e. The quantitative estimate of drug-likeness (QED) is 0.307. The number of ether oxygens (including phenoxy) is 1. The van der Waals surface area contributed by atoms with Crippen molar-refractivity contribution < 1.29 is 31.7 Å². The third kappa shape index (κ3) is 6.06. The van der Waals surface area contributed by atoms with Gasteiger partial charge in [0.2, 0.25) is 5.91 Å². The molecule has 1 fully saturated rings. The maximum atomic E-state index is 13.1. The van der Waals surface area contributed by atoms with Crippen LogP contribution in [0.2, 0.25) is 0 Å². The van der Waals surface area contributed by atoms with Crippen molar-refractivity contribution >= 4 is 50.7 Å². The number of aryl methyl sites for hydroxylation is 1. The molecule has 0 aliphatic carbocycles. The van der Waals surface area contributed by atoms with Gasteiger partial charge in [0.1, 0.15) is 4.90 Å². The Balaban J connectivity index is 1.62. The molecular formula is C27H24N2O7S2. The standard InChI is InChI=1S/C27H24N2O7S2/c1-17-7-9-19(10-8-17)16-29-26(31)24(37-27(29)32)15-20-5-4-6-23(35-3)25(20)36-38(33,34)22-13-11-21(12-14-22)28-18(2)30/h4-15H,16H2,1-3H3,(H,28,30)/b24-15-. The maximum Gasteiger partial charge on any atom is 0.339 e. The molecule has 1 aliphatic rings. The Labute approximate surface area is 224 Å². The van der Waals surface area contributed by atoms with Crippen molar-refractivity contribution in [2.45, 2.75) is 25.3 Å². The lowest BCUT2D eigenvalue weighted by Crippen LogP contribution is -2.27. The number of benzene rings is 3. The van der Waals surface area contributed by atoms with Gasteiger partial charge in [0.25, 0.3) is 11.1 Å². The van der Waals surface area contributed by atoms with Crippen LogP contribution in [0.3, 0.4) is 0 Å². The van der Waals surface area contributed by atoms with Crippen molar-refractivity contribution in [2.75, 3.05) is 12.4 Å². The first kappa shape index (κ1) is 27.0. The molecule has 11 heteroatoms. The second-order valence-electron chi connectivity index (χ2n) is 8.38. The second kappa shape index (κ2) is 11.1. The molecule has 1 heterocycles. The summed E-state index contributed by atoms with van der Waals surface area (Å²) in [5.74, 6) is -0.799. The van der Waals surface area contributed by atoms with Gasteiger partial charge in [-0.25, -0.2) is 0 Å². The number of thioether (sulfide) groups is 1. The van der Waals surface area contributed by atoms with Crippen LogP contribution >= 0.6 is 11.8 Å². The zero-order valence-electron chi connectivity index (χ0n) is 20.8.